The van der Waals surface area contributed by atoms with Gasteiger partial charge < -0.3 is 14.6 Å². The van der Waals surface area contributed by atoms with Crippen LogP contribution in [0.15, 0.2) is 23.1 Å². The number of carboxylic acids is 1. The number of hydrogen-bond donors (Lipinski definition) is 2. The van der Waals surface area contributed by atoms with Crippen molar-refractivity contribution in [3.8, 4) is 5.75 Å². The molecule has 1 aromatic carbocycles. The fourth-order valence-electron chi connectivity index (χ4n) is 2.47. The van der Waals surface area contributed by atoms with E-state index >= 15 is 0 Å². The van der Waals surface area contributed by atoms with Crippen LogP contribution in [0.5, 0.6) is 5.75 Å². The second-order valence-corrected chi connectivity index (χ2v) is 9.42. The molecule has 0 aliphatic rings. The molecule has 9 heteroatoms. The number of esters is 1. The van der Waals surface area contributed by atoms with E-state index in [4.69, 9.17) is 9.47 Å². The molecule has 0 aliphatic heterocycles. The van der Waals surface area contributed by atoms with Gasteiger partial charge in [-0.1, -0.05) is 13.8 Å². The van der Waals surface area contributed by atoms with Gasteiger partial charge in [-0.05, 0) is 56.9 Å². The highest BCUT2D eigenvalue weighted by atomic mass is 32.2. The normalized spacial score (nSPS) is 13.2. The first-order valence-electron chi connectivity index (χ1n) is 8.90. The third kappa shape index (κ3) is 7.12. The van der Waals surface area contributed by atoms with Gasteiger partial charge in [0.25, 0.3) is 0 Å². The van der Waals surface area contributed by atoms with Gasteiger partial charge in [0.05, 0.1) is 12.0 Å². The molecule has 0 fully saturated rings. The second-order valence-electron chi connectivity index (χ2n) is 7.74. The average molecular weight is 416 g/mol. The van der Waals surface area contributed by atoms with Crippen molar-refractivity contribution < 1.29 is 32.6 Å². The standard InChI is InChI=1S/C19H29NO7S/c1-12(2)17(18(22)23)20-28(24,25)15-9-8-14(26-6)11-13(15)7-10-16(21)27-19(3,4)5/h8-9,11-12,17,20H,7,10H2,1-6H3,(H,22,23)/t17-/m1/s1. The van der Waals surface area contributed by atoms with Crippen LogP contribution in [0.4, 0.5) is 0 Å². The van der Waals surface area contributed by atoms with Gasteiger partial charge in [0.1, 0.15) is 17.4 Å². The highest BCUT2D eigenvalue weighted by Crippen LogP contribution is 2.24. The van der Waals surface area contributed by atoms with Gasteiger partial charge >= 0.3 is 11.9 Å². The minimum Gasteiger partial charge on any atom is -0.497 e. The number of hydrogen-bond acceptors (Lipinski definition) is 6. The molecule has 0 bridgehead atoms. The van der Waals surface area contributed by atoms with Crippen LogP contribution in [0.3, 0.4) is 0 Å². The summed E-state index contributed by atoms with van der Waals surface area (Å²) < 4.78 is 38.3. The number of rotatable bonds is 9. The molecule has 0 spiro atoms. The molecule has 0 aliphatic carbocycles. The molecular weight excluding hydrogens is 386 g/mol. The lowest BCUT2D eigenvalue weighted by Crippen LogP contribution is -2.44. The third-order valence-corrected chi connectivity index (χ3v) is 5.33. The lowest BCUT2D eigenvalue weighted by Gasteiger charge is -2.21. The van der Waals surface area contributed by atoms with Crippen molar-refractivity contribution in [2.45, 2.75) is 64.0 Å². The first kappa shape index (κ1) is 23.9. The Morgan fingerprint density at radius 1 is 1.21 bits per heavy atom. The van der Waals surface area contributed by atoms with Crippen LogP contribution in [-0.2, 0) is 30.8 Å². The number of aryl methyl sites for hydroxylation is 1. The van der Waals surface area contributed by atoms with E-state index in [9.17, 15) is 23.1 Å². The van der Waals surface area contributed by atoms with E-state index < -0.39 is 39.5 Å². The number of benzene rings is 1. The van der Waals surface area contributed by atoms with E-state index in [0.29, 0.717) is 11.3 Å². The van der Waals surface area contributed by atoms with Crippen LogP contribution < -0.4 is 9.46 Å². The minimum atomic E-state index is -4.13. The van der Waals surface area contributed by atoms with E-state index in [1.54, 1.807) is 34.6 Å². The maximum absolute atomic E-state index is 12.8. The lowest BCUT2D eigenvalue weighted by atomic mass is 10.1. The minimum absolute atomic E-state index is 0.0283. The summed E-state index contributed by atoms with van der Waals surface area (Å²) in [5.74, 6) is -1.74. The largest absolute Gasteiger partial charge is 0.497 e. The zero-order valence-electron chi connectivity index (χ0n) is 17.1. The summed E-state index contributed by atoms with van der Waals surface area (Å²) in [6, 6.07) is 3.05. The van der Waals surface area contributed by atoms with E-state index in [1.165, 1.54) is 25.3 Å². The molecule has 0 amide bonds. The Bertz CT molecular complexity index is 810. The van der Waals surface area contributed by atoms with Crippen molar-refractivity contribution in [2.75, 3.05) is 7.11 Å². The quantitative estimate of drug-likeness (QED) is 0.594. The maximum atomic E-state index is 12.8. The fraction of sp³-hybridized carbons (Fsp3) is 0.579. The Morgan fingerprint density at radius 3 is 2.29 bits per heavy atom. The maximum Gasteiger partial charge on any atom is 0.322 e. The van der Waals surface area contributed by atoms with E-state index in [2.05, 4.69) is 4.72 Å². The van der Waals surface area contributed by atoms with Crippen molar-refractivity contribution >= 4 is 22.0 Å². The number of carbonyl (C=O) groups is 2. The Kier molecular flexibility index (Phi) is 8.01. The molecule has 0 saturated carbocycles. The van der Waals surface area contributed by atoms with E-state index in [1.807, 2.05) is 0 Å². The van der Waals surface area contributed by atoms with Crippen LogP contribution in [0.2, 0.25) is 0 Å². The first-order valence-corrected chi connectivity index (χ1v) is 10.4. The van der Waals surface area contributed by atoms with Crippen molar-refractivity contribution in [3.63, 3.8) is 0 Å². The Balaban J connectivity index is 3.17. The summed E-state index contributed by atoms with van der Waals surface area (Å²) in [5.41, 5.74) is -0.306. The summed E-state index contributed by atoms with van der Waals surface area (Å²) in [4.78, 5) is 23.3. The summed E-state index contributed by atoms with van der Waals surface area (Å²) in [6.07, 6.45) is 0.0707. The van der Waals surface area contributed by atoms with Crippen LogP contribution in [0.25, 0.3) is 0 Å². The number of nitrogens with one attached hydrogen (secondary N) is 1. The molecule has 1 atom stereocenters. The summed E-state index contributed by atoms with van der Waals surface area (Å²) in [6.45, 7) is 8.45. The van der Waals surface area contributed by atoms with Crippen molar-refractivity contribution in [1.82, 2.24) is 4.72 Å². The molecule has 2 N–H and O–H groups in total. The van der Waals surface area contributed by atoms with Gasteiger partial charge in [-0.15, -0.1) is 0 Å². The number of aliphatic carboxylic acids is 1. The van der Waals surface area contributed by atoms with Gasteiger partial charge in [-0.2, -0.15) is 4.72 Å². The van der Waals surface area contributed by atoms with Gasteiger partial charge in [-0.25, -0.2) is 8.42 Å². The Morgan fingerprint density at radius 2 is 1.82 bits per heavy atom. The van der Waals surface area contributed by atoms with E-state index in [0.717, 1.165) is 0 Å². The van der Waals surface area contributed by atoms with E-state index in [-0.39, 0.29) is 17.7 Å². The highest BCUT2D eigenvalue weighted by Gasteiger charge is 2.29. The SMILES string of the molecule is COc1ccc(S(=O)(=O)N[C@@H](C(=O)O)C(C)C)c(CCC(=O)OC(C)(C)C)c1. The molecule has 28 heavy (non-hydrogen) atoms. The zero-order valence-corrected chi connectivity index (χ0v) is 17.9. The Labute approximate surface area is 166 Å². The topological polar surface area (TPSA) is 119 Å². The Hall–Kier alpha value is -2.13. The lowest BCUT2D eigenvalue weighted by molar-refractivity contribution is -0.154. The van der Waals surface area contributed by atoms with Crippen molar-refractivity contribution in [2.24, 2.45) is 5.92 Å². The number of carbonyl (C=O) groups excluding carboxylic acids is 1. The summed E-state index contributed by atoms with van der Waals surface area (Å²) in [7, 11) is -2.68. The van der Waals surface area contributed by atoms with Gasteiger partial charge in [0.2, 0.25) is 10.0 Å². The molecule has 0 unspecified atom stereocenters. The second kappa shape index (κ2) is 9.38. The van der Waals surface area contributed by atoms with Gasteiger partial charge in [-0.3, -0.25) is 9.59 Å². The molecule has 1 rings (SSSR count). The molecule has 0 radical (unpaired) electrons. The molecule has 0 aromatic heterocycles. The summed E-state index contributed by atoms with van der Waals surface area (Å²) >= 11 is 0. The monoisotopic (exact) mass is 415 g/mol. The van der Waals surface area contributed by atoms with Crippen LogP contribution in [0.1, 0.15) is 46.6 Å². The van der Waals surface area contributed by atoms with Crippen LogP contribution >= 0.6 is 0 Å². The van der Waals surface area contributed by atoms with Gasteiger partial charge in [0.15, 0.2) is 0 Å². The summed E-state index contributed by atoms with van der Waals surface area (Å²) in [5, 5.41) is 9.28. The predicted octanol–water partition coefficient (Wildman–Crippen LogP) is 2.36. The highest BCUT2D eigenvalue weighted by molar-refractivity contribution is 7.89. The molecule has 158 valence electrons. The number of sulfonamides is 1. The number of ether oxygens (including phenoxy) is 2. The average Bonchev–Trinajstić information content (AvgIpc) is 2.55. The molecule has 1 aromatic rings. The third-order valence-electron chi connectivity index (χ3n) is 3.79. The number of carboxylic acid groups (broad SMARTS) is 1. The van der Waals surface area contributed by atoms with Crippen molar-refractivity contribution in [1.29, 1.82) is 0 Å². The van der Waals surface area contributed by atoms with Crippen LogP contribution in [0, 0.1) is 5.92 Å². The van der Waals surface area contributed by atoms with Gasteiger partial charge in [0, 0.05) is 6.42 Å². The predicted molar refractivity (Wildman–Crippen MR) is 104 cm³/mol. The smallest absolute Gasteiger partial charge is 0.322 e. The fourth-order valence-corrected chi connectivity index (χ4v) is 4.06. The zero-order chi connectivity index (χ0) is 21.7. The molecule has 0 heterocycles. The molecule has 0 saturated heterocycles. The van der Waals surface area contributed by atoms with Crippen molar-refractivity contribution in [3.05, 3.63) is 23.8 Å². The molecular formula is C19H29NO7S. The molecule has 8 nitrogen and oxygen atoms in total. The first-order chi connectivity index (χ1) is 12.8. The van der Waals surface area contributed by atoms with Crippen LogP contribution in [-0.4, -0.2) is 44.2 Å². The number of methoxy groups -OCH3 is 1.